The highest BCUT2D eigenvalue weighted by atomic mass is 35.5. The molecule has 0 saturated carbocycles. The van der Waals surface area contributed by atoms with Crippen LogP contribution < -0.4 is 26.6 Å². The second kappa shape index (κ2) is 13.1. The monoisotopic (exact) mass is 475 g/mol. The molecular weight excluding hydrogens is 445 g/mol. The number of urea groups is 2. The van der Waals surface area contributed by atoms with Gasteiger partial charge in [0.1, 0.15) is 5.82 Å². The van der Waals surface area contributed by atoms with Crippen LogP contribution in [0.4, 0.5) is 15.4 Å². The van der Waals surface area contributed by atoms with Crippen molar-refractivity contribution >= 4 is 48.6 Å². The molecule has 0 bridgehead atoms. The quantitative estimate of drug-likeness (QED) is 0.500. The van der Waals surface area contributed by atoms with Crippen LogP contribution in [0.5, 0.6) is 0 Å². The zero-order valence-electron chi connectivity index (χ0n) is 17.3. The summed E-state index contributed by atoms with van der Waals surface area (Å²) in [7, 11) is 0. The maximum absolute atomic E-state index is 12.6. The zero-order valence-corrected chi connectivity index (χ0v) is 18.9. The summed E-state index contributed by atoms with van der Waals surface area (Å²) in [6, 6.07) is 5.58. The average Bonchev–Trinajstić information content (AvgIpc) is 2.74. The summed E-state index contributed by atoms with van der Waals surface area (Å²) < 4.78 is 0. The zero-order chi connectivity index (χ0) is 20.6. The lowest BCUT2D eigenvalue weighted by Gasteiger charge is -2.36. The summed E-state index contributed by atoms with van der Waals surface area (Å²) >= 11 is 0. The molecule has 10 nitrogen and oxygen atoms in total. The SMILES string of the molecule is Cl.Cl.NC(=O)CNC(=O)NC1CCN(C(=O)NC2CCN(c3ccccn3)CC2)CC1. The normalized spacial score (nSPS) is 17.0. The Morgan fingerprint density at radius 1 is 0.968 bits per heavy atom. The Hall–Kier alpha value is -2.46. The van der Waals surface area contributed by atoms with E-state index in [0.717, 1.165) is 31.7 Å². The molecule has 0 aromatic carbocycles. The number of aromatic nitrogens is 1. The lowest BCUT2D eigenvalue weighted by molar-refractivity contribution is -0.117. The number of rotatable bonds is 5. The minimum Gasteiger partial charge on any atom is -0.368 e. The molecule has 12 heteroatoms. The number of pyridine rings is 1. The van der Waals surface area contributed by atoms with E-state index >= 15 is 0 Å². The standard InChI is InChI=1S/C19H29N7O3.2ClH/c20-16(27)13-22-18(28)23-14-6-11-26(12-7-14)19(29)24-15-4-9-25(10-5-15)17-3-1-2-8-21-17;;/h1-3,8,14-15H,4-7,9-13H2,(H2,20,27)(H,24,29)(H2,22,23,28);2*1H. The van der Waals surface area contributed by atoms with Gasteiger partial charge in [0, 0.05) is 44.5 Å². The van der Waals surface area contributed by atoms with Gasteiger partial charge in [0.15, 0.2) is 0 Å². The fourth-order valence-corrected chi connectivity index (χ4v) is 3.69. The van der Waals surface area contributed by atoms with Gasteiger partial charge < -0.3 is 31.5 Å². The van der Waals surface area contributed by atoms with E-state index in [1.165, 1.54) is 0 Å². The van der Waals surface area contributed by atoms with E-state index in [4.69, 9.17) is 5.73 Å². The van der Waals surface area contributed by atoms with Gasteiger partial charge in [0.2, 0.25) is 5.91 Å². The van der Waals surface area contributed by atoms with E-state index in [0.29, 0.717) is 25.9 Å². The molecule has 0 aliphatic carbocycles. The van der Waals surface area contributed by atoms with Gasteiger partial charge in [0.25, 0.3) is 0 Å². The van der Waals surface area contributed by atoms with Crippen molar-refractivity contribution in [3.05, 3.63) is 24.4 Å². The maximum atomic E-state index is 12.6. The highest BCUT2D eigenvalue weighted by Gasteiger charge is 2.27. The predicted octanol–water partition coefficient (Wildman–Crippen LogP) is 0.853. The van der Waals surface area contributed by atoms with Crippen LogP contribution in [-0.4, -0.2) is 72.7 Å². The van der Waals surface area contributed by atoms with Crippen LogP contribution in [0.25, 0.3) is 0 Å². The van der Waals surface area contributed by atoms with Crippen molar-refractivity contribution in [3.63, 3.8) is 0 Å². The number of halogens is 2. The molecule has 2 aliphatic rings. The summed E-state index contributed by atoms with van der Waals surface area (Å²) in [5.41, 5.74) is 5.00. The van der Waals surface area contributed by atoms with Crippen molar-refractivity contribution < 1.29 is 14.4 Å². The molecule has 1 aromatic rings. The van der Waals surface area contributed by atoms with Crippen molar-refractivity contribution in [2.45, 2.75) is 37.8 Å². The van der Waals surface area contributed by atoms with Gasteiger partial charge in [-0.3, -0.25) is 4.79 Å². The topological polar surface area (TPSA) is 133 Å². The van der Waals surface area contributed by atoms with Crippen LogP contribution in [0.2, 0.25) is 0 Å². The van der Waals surface area contributed by atoms with Crippen molar-refractivity contribution in [1.82, 2.24) is 25.8 Å². The third-order valence-electron chi connectivity index (χ3n) is 5.34. The van der Waals surface area contributed by atoms with Crippen molar-refractivity contribution in [1.29, 1.82) is 0 Å². The van der Waals surface area contributed by atoms with Crippen LogP contribution in [0, 0.1) is 0 Å². The molecule has 2 aliphatic heterocycles. The van der Waals surface area contributed by atoms with Gasteiger partial charge in [-0.25, -0.2) is 14.6 Å². The number of piperidine rings is 2. The first-order valence-corrected chi connectivity index (χ1v) is 10.1. The molecule has 3 heterocycles. The minimum atomic E-state index is -0.586. The van der Waals surface area contributed by atoms with E-state index in [9.17, 15) is 14.4 Å². The first kappa shape index (κ1) is 26.6. The summed E-state index contributed by atoms with van der Waals surface area (Å²) in [6.45, 7) is 2.72. The van der Waals surface area contributed by atoms with E-state index in [-0.39, 0.29) is 49.5 Å². The summed E-state index contributed by atoms with van der Waals surface area (Å²) in [6.07, 6.45) is 4.93. The summed E-state index contributed by atoms with van der Waals surface area (Å²) in [4.78, 5) is 43.4. The maximum Gasteiger partial charge on any atom is 0.317 e. The highest BCUT2D eigenvalue weighted by molar-refractivity contribution is 5.85. The van der Waals surface area contributed by atoms with Crippen LogP contribution in [0.15, 0.2) is 24.4 Å². The number of nitrogens with one attached hydrogen (secondary N) is 3. The predicted molar refractivity (Wildman–Crippen MR) is 123 cm³/mol. The molecule has 5 amide bonds. The smallest absolute Gasteiger partial charge is 0.317 e. The van der Waals surface area contributed by atoms with Gasteiger partial charge in [-0.05, 0) is 37.8 Å². The first-order chi connectivity index (χ1) is 14.0. The van der Waals surface area contributed by atoms with E-state index in [1.807, 2.05) is 18.2 Å². The van der Waals surface area contributed by atoms with E-state index in [1.54, 1.807) is 11.1 Å². The number of nitrogens with two attached hydrogens (primary N) is 1. The number of likely N-dealkylation sites (tertiary alicyclic amines) is 1. The molecule has 5 N–H and O–H groups in total. The Labute approximate surface area is 194 Å². The molecule has 174 valence electrons. The lowest BCUT2D eigenvalue weighted by atomic mass is 10.0. The van der Waals surface area contributed by atoms with Crippen LogP contribution in [0.3, 0.4) is 0 Å². The number of hydrogen-bond acceptors (Lipinski definition) is 5. The van der Waals surface area contributed by atoms with Gasteiger partial charge in [-0.2, -0.15) is 0 Å². The van der Waals surface area contributed by atoms with E-state index < -0.39 is 11.9 Å². The van der Waals surface area contributed by atoms with Crippen LogP contribution >= 0.6 is 24.8 Å². The molecular formula is C19H31Cl2N7O3. The van der Waals surface area contributed by atoms with Crippen molar-refractivity contribution in [3.8, 4) is 0 Å². The summed E-state index contributed by atoms with van der Waals surface area (Å²) in [5.74, 6) is 0.393. The second-order valence-corrected chi connectivity index (χ2v) is 7.45. The van der Waals surface area contributed by atoms with E-state index in [2.05, 4.69) is 25.8 Å². The molecule has 2 fully saturated rings. The molecule has 0 atom stereocenters. The van der Waals surface area contributed by atoms with Gasteiger partial charge in [0.05, 0.1) is 6.54 Å². The number of amides is 5. The molecule has 3 rings (SSSR count). The van der Waals surface area contributed by atoms with Crippen molar-refractivity contribution in [2.24, 2.45) is 5.73 Å². The Morgan fingerprint density at radius 2 is 1.58 bits per heavy atom. The van der Waals surface area contributed by atoms with Crippen LogP contribution in [0.1, 0.15) is 25.7 Å². The third-order valence-corrected chi connectivity index (χ3v) is 5.34. The largest absolute Gasteiger partial charge is 0.368 e. The Morgan fingerprint density at radius 3 is 2.16 bits per heavy atom. The highest BCUT2D eigenvalue weighted by Crippen LogP contribution is 2.18. The van der Waals surface area contributed by atoms with Crippen molar-refractivity contribution in [2.75, 3.05) is 37.6 Å². The number of primary amides is 1. The lowest BCUT2D eigenvalue weighted by Crippen LogP contribution is -2.54. The number of nitrogens with zero attached hydrogens (tertiary/aromatic N) is 3. The number of hydrogen-bond donors (Lipinski definition) is 4. The first-order valence-electron chi connectivity index (χ1n) is 10.1. The molecule has 0 spiro atoms. The number of anilines is 1. The molecule has 0 radical (unpaired) electrons. The molecule has 0 unspecified atom stereocenters. The fraction of sp³-hybridized carbons (Fsp3) is 0.579. The Kier molecular flexibility index (Phi) is 11.2. The Balaban J connectivity index is 0.00000240. The minimum absolute atomic E-state index is 0. The van der Waals surface area contributed by atoms with Gasteiger partial charge in [-0.15, -0.1) is 24.8 Å². The molecule has 1 aromatic heterocycles. The molecule has 31 heavy (non-hydrogen) atoms. The third kappa shape index (κ3) is 8.29. The van der Waals surface area contributed by atoms with Gasteiger partial charge in [-0.1, -0.05) is 6.07 Å². The summed E-state index contributed by atoms with van der Waals surface area (Å²) in [5, 5.41) is 8.35. The second-order valence-electron chi connectivity index (χ2n) is 7.45. The number of carbonyl (C=O) groups excluding carboxylic acids is 3. The van der Waals surface area contributed by atoms with Gasteiger partial charge >= 0.3 is 12.1 Å². The molecule has 2 saturated heterocycles. The number of carbonyl (C=O) groups is 3. The van der Waals surface area contributed by atoms with Crippen LogP contribution in [-0.2, 0) is 4.79 Å². The fourth-order valence-electron chi connectivity index (χ4n) is 3.69. The average molecular weight is 476 g/mol. The Bertz CT molecular complexity index is 710.